The van der Waals surface area contributed by atoms with Gasteiger partial charge in [0.15, 0.2) is 0 Å². The summed E-state index contributed by atoms with van der Waals surface area (Å²) < 4.78 is 0. The van der Waals surface area contributed by atoms with E-state index in [9.17, 15) is 4.79 Å². The number of aryl methyl sites for hydroxylation is 2. The van der Waals surface area contributed by atoms with Gasteiger partial charge in [-0.25, -0.2) is 0 Å². The average molecular weight is 282 g/mol. The summed E-state index contributed by atoms with van der Waals surface area (Å²) in [4.78, 5) is 12.0. The fourth-order valence-corrected chi connectivity index (χ4v) is 2.26. The molecule has 0 aliphatic carbocycles. The Hall–Kier alpha value is -2.13. The molecule has 21 heavy (non-hydrogen) atoms. The van der Waals surface area contributed by atoms with E-state index in [1.807, 2.05) is 62.4 Å². The van der Waals surface area contributed by atoms with Crippen LogP contribution in [0.4, 0.5) is 0 Å². The first-order chi connectivity index (χ1) is 9.93. The molecular weight excluding hydrogens is 260 g/mol. The zero-order valence-corrected chi connectivity index (χ0v) is 12.8. The quantitative estimate of drug-likeness (QED) is 0.886. The number of carbonyl (C=O) groups excluding carboxylic acids is 1. The number of primary amides is 1. The molecule has 2 rings (SSSR count). The molecule has 2 aromatic carbocycles. The minimum Gasteiger partial charge on any atom is -0.368 e. The van der Waals surface area contributed by atoms with Gasteiger partial charge in [0.1, 0.15) is 5.54 Å². The van der Waals surface area contributed by atoms with Crippen LogP contribution in [0.3, 0.4) is 0 Å². The third-order valence-corrected chi connectivity index (χ3v) is 4.07. The Morgan fingerprint density at radius 1 is 1.10 bits per heavy atom. The molecule has 1 atom stereocenters. The number of carbonyl (C=O) groups is 1. The van der Waals surface area contributed by atoms with Crippen LogP contribution in [0, 0.1) is 13.8 Å². The van der Waals surface area contributed by atoms with Gasteiger partial charge in [0.25, 0.3) is 0 Å². The Morgan fingerprint density at radius 2 is 1.76 bits per heavy atom. The lowest BCUT2D eigenvalue weighted by atomic mass is 9.88. The number of hydrogen-bond donors (Lipinski definition) is 2. The molecule has 1 amide bonds. The van der Waals surface area contributed by atoms with Crippen LogP contribution in [0.15, 0.2) is 48.5 Å². The smallest absolute Gasteiger partial charge is 0.242 e. The molecule has 2 aromatic rings. The number of benzene rings is 2. The van der Waals surface area contributed by atoms with Crippen LogP contribution in [0.1, 0.15) is 29.2 Å². The third-order valence-electron chi connectivity index (χ3n) is 4.07. The van der Waals surface area contributed by atoms with Gasteiger partial charge in [0.05, 0.1) is 0 Å². The van der Waals surface area contributed by atoms with Crippen molar-refractivity contribution in [1.82, 2.24) is 5.32 Å². The Bertz CT molecular complexity index is 637. The van der Waals surface area contributed by atoms with E-state index in [0.717, 1.165) is 16.7 Å². The summed E-state index contributed by atoms with van der Waals surface area (Å²) in [5.74, 6) is -0.373. The van der Waals surface area contributed by atoms with E-state index in [4.69, 9.17) is 5.73 Å². The van der Waals surface area contributed by atoms with Gasteiger partial charge in [-0.15, -0.1) is 0 Å². The first kappa shape index (κ1) is 15.3. The van der Waals surface area contributed by atoms with Crippen LogP contribution in [0.25, 0.3) is 0 Å². The molecule has 0 aromatic heterocycles. The second kappa shape index (κ2) is 6.10. The zero-order valence-electron chi connectivity index (χ0n) is 12.8. The molecule has 3 nitrogen and oxygen atoms in total. The molecular formula is C18H22N2O. The average Bonchev–Trinajstić information content (AvgIpc) is 2.48. The molecule has 0 aliphatic rings. The molecule has 3 heteroatoms. The van der Waals surface area contributed by atoms with Crippen molar-refractivity contribution < 1.29 is 4.79 Å². The van der Waals surface area contributed by atoms with Crippen LogP contribution in [-0.4, -0.2) is 5.91 Å². The Kier molecular flexibility index (Phi) is 4.43. The van der Waals surface area contributed by atoms with Crippen LogP contribution < -0.4 is 11.1 Å². The van der Waals surface area contributed by atoms with Gasteiger partial charge in [-0.2, -0.15) is 0 Å². The number of rotatable bonds is 5. The molecule has 0 fully saturated rings. The summed E-state index contributed by atoms with van der Waals surface area (Å²) in [7, 11) is 0. The number of hydrogen-bond acceptors (Lipinski definition) is 2. The van der Waals surface area contributed by atoms with E-state index in [2.05, 4.69) is 12.2 Å². The minimum absolute atomic E-state index is 0.373. The number of nitrogens with two attached hydrogens (primary N) is 1. The Morgan fingerprint density at radius 3 is 2.33 bits per heavy atom. The van der Waals surface area contributed by atoms with Crippen molar-refractivity contribution in [2.24, 2.45) is 5.73 Å². The molecule has 0 saturated heterocycles. The highest BCUT2D eigenvalue weighted by atomic mass is 16.1. The molecule has 110 valence electrons. The lowest BCUT2D eigenvalue weighted by Gasteiger charge is -2.29. The van der Waals surface area contributed by atoms with E-state index in [-0.39, 0.29) is 5.91 Å². The molecule has 1 unspecified atom stereocenters. The fraction of sp³-hybridized carbons (Fsp3) is 0.278. The Labute approximate surface area is 126 Å². The fourth-order valence-electron chi connectivity index (χ4n) is 2.26. The first-order valence-electron chi connectivity index (χ1n) is 7.10. The molecule has 0 spiro atoms. The highest BCUT2D eigenvalue weighted by Gasteiger charge is 2.32. The minimum atomic E-state index is -0.881. The topological polar surface area (TPSA) is 55.1 Å². The van der Waals surface area contributed by atoms with Gasteiger partial charge < -0.3 is 5.73 Å². The SMILES string of the molecule is Cc1ccc(C(C)(NCc2ccccc2)C(N)=O)cc1C. The van der Waals surface area contributed by atoms with Gasteiger partial charge in [-0.1, -0.05) is 48.5 Å². The molecule has 0 saturated carbocycles. The highest BCUT2D eigenvalue weighted by Crippen LogP contribution is 2.23. The summed E-state index contributed by atoms with van der Waals surface area (Å²) in [5.41, 5.74) is 9.15. The molecule has 0 aliphatic heterocycles. The van der Waals surface area contributed by atoms with Crippen LogP contribution in [0.2, 0.25) is 0 Å². The number of nitrogens with one attached hydrogen (secondary N) is 1. The second-order valence-corrected chi connectivity index (χ2v) is 5.63. The van der Waals surface area contributed by atoms with Crippen molar-refractivity contribution in [3.63, 3.8) is 0 Å². The van der Waals surface area contributed by atoms with E-state index in [1.165, 1.54) is 5.56 Å². The van der Waals surface area contributed by atoms with Gasteiger partial charge >= 0.3 is 0 Å². The normalized spacial score (nSPS) is 13.7. The van der Waals surface area contributed by atoms with Crippen LogP contribution in [0.5, 0.6) is 0 Å². The lowest BCUT2D eigenvalue weighted by molar-refractivity contribution is -0.124. The molecule has 0 radical (unpaired) electrons. The predicted octanol–water partition coefficient (Wildman–Crippen LogP) is 2.79. The van der Waals surface area contributed by atoms with Crippen LogP contribution in [-0.2, 0) is 16.9 Å². The largest absolute Gasteiger partial charge is 0.368 e. The van der Waals surface area contributed by atoms with E-state index < -0.39 is 5.54 Å². The summed E-state index contributed by atoms with van der Waals surface area (Å²) in [6.45, 7) is 6.52. The summed E-state index contributed by atoms with van der Waals surface area (Å²) in [6, 6.07) is 16.0. The zero-order chi connectivity index (χ0) is 15.5. The Balaban J connectivity index is 2.27. The molecule has 0 bridgehead atoms. The first-order valence-corrected chi connectivity index (χ1v) is 7.10. The standard InChI is InChI=1S/C18H22N2O/c1-13-9-10-16(11-14(13)2)18(3,17(19)21)20-12-15-7-5-4-6-8-15/h4-11,20H,12H2,1-3H3,(H2,19,21). The summed E-state index contributed by atoms with van der Waals surface area (Å²) in [6.07, 6.45) is 0. The van der Waals surface area contributed by atoms with Crippen LogP contribution >= 0.6 is 0 Å². The van der Waals surface area contributed by atoms with Crippen molar-refractivity contribution in [1.29, 1.82) is 0 Å². The van der Waals surface area contributed by atoms with E-state index in [0.29, 0.717) is 6.54 Å². The summed E-state index contributed by atoms with van der Waals surface area (Å²) in [5, 5.41) is 3.30. The maximum absolute atomic E-state index is 12.0. The van der Waals surface area contributed by atoms with Gasteiger partial charge in [-0.3, -0.25) is 10.1 Å². The van der Waals surface area contributed by atoms with Crippen molar-refractivity contribution in [3.8, 4) is 0 Å². The van der Waals surface area contributed by atoms with Crippen molar-refractivity contribution in [3.05, 3.63) is 70.8 Å². The monoisotopic (exact) mass is 282 g/mol. The summed E-state index contributed by atoms with van der Waals surface area (Å²) >= 11 is 0. The second-order valence-electron chi connectivity index (χ2n) is 5.63. The number of amides is 1. The van der Waals surface area contributed by atoms with Crippen molar-refractivity contribution in [2.45, 2.75) is 32.9 Å². The highest BCUT2D eigenvalue weighted by molar-refractivity contribution is 5.85. The van der Waals surface area contributed by atoms with Gasteiger partial charge in [-0.05, 0) is 43.0 Å². The van der Waals surface area contributed by atoms with Crippen molar-refractivity contribution >= 4 is 5.91 Å². The third kappa shape index (κ3) is 3.31. The molecule has 0 heterocycles. The van der Waals surface area contributed by atoms with E-state index >= 15 is 0 Å². The van der Waals surface area contributed by atoms with Crippen molar-refractivity contribution in [2.75, 3.05) is 0 Å². The van der Waals surface area contributed by atoms with Gasteiger partial charge in [0.2, 0.25) is 5.91 Å². The maximum Gasteiger partial charge on any atom is 0.242 e. The molecule has 3 N–H and O–H groups in total. The van der Waals surface area contributed by atoms with Gasteiger partial charge in [0, 0.05) is 6.54 Å². The predicted molar refractivity (Wildman–Crippen MR) is 85.7 cm³/mol. The lowest BCUT2D eigenvalue weighted by Crippen LogP contribution is -2.50. The van der Waals surface area contributed by atoms with E-state index in [1.54, 1.807) is 0 Å². The maximum atomic E-state index is 12.0.